The topological polar surface area (TPSA) is 64.3 Å². The summed E-state index contributed by atoms with van der Waals surface area (Å²) < 4.78 is 18.6. The maximum atomic E-state index is 13.4. The smallest absolute Gasteiger partial charge is 0.338 e. The first kappa shape index (κ1) is 14.4. The van der Waals surface area contributed by atoms with Crippen molar-refractivity contribution in [2.45, 2.75) is 26.4 Å². The highest BCUT2D eigenvalue weighted by atomic mass is 32.1. The molecule has 0 saturated heterocycles. The van der Waals surface area contributed by atoms with Crippen LogP contribution in [0, 0.1) is 5.82 Å². The number of carbonyl (C=O) groups is 1. The minimum Gasteiger partial charge on any atom is -0.456 e. The lowest BCUT2D eigenvalue weighted by Gasteiger charge is -2.19. The summed E-state index contributed by atoms with van der Waals surface area (Å²) in [7, 11) is 0. The number of hydrogen-bond acceptors (Lipinski definition) is 3. The predicted octanol–water partition coefficient (Wildman–Crippen LogP) is 2.44. The first-order valence-corrected chi connectivity index (χ1v) is 5.69. The zero-order valence-corrected chi connectivity index (χ0v) is 11.2. The van der Waals surface area contributed by atoms with Crippen molar-refractivity contribution in [2.24, 2.45) is 5.73 Å². The summed E-state index contributed by atoms with van der Waals surface area (Å²) in [4.78, 5) is 11.8. The molecule has 6 heteroatoms. The van der Waals surface area contributed by atoms with Crippen LogP contribution in [0.15, 0.2) is 18.2 Å². The van der Waals surface area contributed by atoms with Gasteiger partial charge in [0.05, 0.1) is 11.3 Å². The second-order valence-electron chi connectivity index (χ2n) is 4.69. The van der Waals surface area contributed by atoms with Crippen molar-refractivity contribution in [3.8, 4) is 0 Å². The zero-order chi connectivity index (χ0) is 13.9. The van der Waals surface area contributed by atoms with Crippen LogP contribution in [0.2, 0.25) is 0 Å². The number of hydrogen-bond donors (Lipinski definition) is 2. The first-order valence-electron chi connectivity index (χ1n) is 5.28. The number of rotatable bonds is 2. The van der Waals surface area contributed by atoms with Gasteiger partial charge in [0.1, 0.15) is 11.4 Å². The van der Waals surface area contributed by atoms with Gasteiger partial charge >= 0.3 is 5.97 Å². The Labute approximate surface area is 110 Å². The van der Waals surface area contributed by atoms with Gasteiger partial charge in [-0.1, -0.05) is 0 Å². The highest BCUT2D eigenvalue weighted by molar-refractivity contribution is 7.80. The molecular formula is C12H15FN2O2S. The molecular weight excluding hydrogens is 255 g/mol. The maximum absolute atomic E-state index is 13.4. The summed E-state index contributed by atoms with van der Waals surface area (Å²) in [6.07, 6.45) is 0. The highest BCUT2D eigenvalue weighted by Crippen LogP contribution is 2.18. The quantitative estimate of drug-likeness (QED) is 0.638. The molecule has 3 N–H and O–H groups in total. The van der Waals surface area contributed by atoms with Crippen molar-refractivity contribution in [1.82, 2.24) is 0 Å². The number of nitrogens with one attached hydrogen (secondary N) is 1. The first-order chi connectivity index (χ1) is 8.19. The monoisotopic (exact) mass is 270 g/mol. The third-order valence-electron chi connectivity index (χ3n) is 1.86. The van der Waals surface area contributed by atoms with Crippen molar-refractivity contribution in [3.05, 3.63) is 29.6 Å². The van der Waals surface area contributed by atoms with E-state index in [1.807, 2.05) is 0 Å². The van der Waals surface area contributed by atoms with Crippen LogP contribution < -0.4 is 11.1 Å². The molecule has 0 amide bonds. The molecule has 1 aromatic rings. The van der Waals surface area contributed by atoms with Gasteiger partial charge in [-0.25, -0.2) is 9.18 Å². The van der Waals surface area contributed by atoms with Crippen molar-refractivity contribution in [1.29, 1.82) is 0 Å². The van der Waals surface area contributed by atoms with E-state index >= 15 is 0 Å². The van der Waals surface area contributed by atoms with E-state index in [4.69, 9.17) is 10.5 Å². The second kappa shape index (κ2) is 5.30. The normalized spacial score (nSPS) is 10.9. The summed E-state index contributed by atoms with van der Waals surface area (Å²) in [6.45, 7) is 5.26. The van der Waals surface area contributed by atoms with Crippen LogP contribution in [0.3, 0.4) is 0 Å². The Morgan fingerprint density at radius 2 is 2.06 bits per heavy atom. The fourth-order valence-corrected chi connectivity index (χ4v) is 1.33. The van der Waals surface area contributed by atoms with Gasteiger partial charge < -0.3 is 15.8 Å². The van der Waals surface area contributed by atoms with Gasteiger partial charge in [-0.3, -0.25) is 0 Å². The van der Waals surface area contributed by atoms with E-state index in [2.05, 4.69) is 17.5 Å². The molecule has 0 aliphatic heterocycles. The largest absolute Gasteiger partial charge is 0.456 e. The van der Waals surface area contributed by atoms with Gasteiger partial charge in [-0.2, -0.15) is 0 Å². The van der Waals surface area contributed by atoms with E-state index in [1.54, 1.807) is 20.8 Å². The van der Waals surface area contributed by atoms with Gasteiger partial charge in [-0.05, 0) is 51.2 Å². The van der Waals surface area contributed by atoms with Gasteiger partial charge in [0.2, 0.25) is 0 Å². The average Bonchev–Trinajstić information content (AvgIpc) is 2.17. The number of halogens is 1. The number of anilines is 1. The summed E-state index contributed by atoms with van der Waals surface area (Å²) in [5.41, 5.74) is 4.92. The summed E-state index contributed by atoms with van der Waals surface area (Å²) in [5, 5.41) is 2.38. The van der Waals surface area contributed by atoms with Crippen LogP contribution in [0.25, 0.3) is 0 Å². The third-order valence-corrected chi connectivity index (χ3v) is 1.96. The molecule has 0 radical (unpaired) electrons. The Balaban J connectivity index is 2.97. The molecule has 0 bridgehead atoms. The molecule has 0 aliphatic carbocycles. The Hall–Kier alpha value is -1.69. The fraction of sp³-hybridized carbons (Fsp3) is 0.333. The number of thiocarbonyl (C=S) groups is 1. The summed E-state index contributed by atoms with van der Waals surface area (Å²) >= 11 is 4.62. The second-order valence-corrected chi connectivity index (χ2v) is 5.13. The third kappa shape index (κ3) is 4.29. The van der Waals surface area contributed by atoms with Crippen LogP contribution >= 0.6 is 12.2 Å². The Bertz CT molecular complexity index is 483. The fourth-order valence-electron chi connectivity index (χ4n) is 1.22. The average molecular weight is 270 g/mol. The van der Waals surface area contributed by atoms with Gasteiger partial charge in [0.15, 0.2) is 5.11 Å². The lowest BCUT2D eigenvalue weighted by molar-refractivity contribution is 0.00696. The number of carbonyl (C=O) groups excluding carboxylic acids is 1. The molecule has 0 aliphatic rings. The van der Waals surface area contributed by atoms with Crippen LogP contribution in [-0.4, -0.2) is 16.7 Å². The molecule has 18 heavy (non-hydrogen) atoms. The molecule has 0 atom stereocenters. The number of benzene rings is 1. The predicted molar refractivity (Wildman–Crippen MR) is 72.0 cm³/mol. The molecule has 0 fully saturated rings. The van der Waals surface area contributed by atoms with E-state index in [-0.39, 0.29) is 16.4 Å². The van der Waals surface area contributed by atoms with Crippen molar-refractivity contribution in [3.63, 3.8) is 0 Å². The lowest BCUT2D eigenvalue weighted by Crippen LogP contribution is -2.24. The molecule has 0 aromatic heterocycles. The van der Waals surface area contributed by atoms with Crippen LogP contribution in [-0.2, 0) is 4.74 Å². The summed E-state index contributed by atoms with van der Waals surface area (Å²) in [5.74, 6) is -1.08. The Kier molecular flexibility index (Phi) is 4.24. The van der Waals surface area contributed by atoms with Crippen LogP contribution in [0.4, 0.5) is 10.1 Å². The van der Waals surface area contributed by atoms with Gasteiger partial charge in [-0.15, -0.1) is 0 Å². The van der Waals surface area contributed by atoms with Crippen molar-refractivity contribution < 1.29 is 13.9 Å². The molecule has 1 rings (SSSR count). The molecule has 0 saturated carbocycles. The molecule has 0 spiro atoms. The van der Waals surface area contributed by atoms with Gasteiger partial charge in [0.25, 0.3) is 0 Å². The lowest BCUT2D eigenvalue weighted by atomic mass is 10.1. The van der Waals surface area contributed by atoms with E-state index in [9.17, 15) is 9.18 Å². The minimum atomic E-state index is -0.609. The SMILES string of the molecule is CC(C)(C)OC(=O)c1ccc(F)c(NC(N)=S)c1. The maximum Gasteiger partial charge on any atom is 0.338 e. The molecule has 1 aromatic carbocycles. The Morgan fingerprint density at radius 3 is 2.56 bits per heavy atom. The zero-order valence-electron chi connectivity index (χ0n) is 10.4. The standard InChI is InChI=1S/C12H15FN2O2S/c1-12(2,3)17-10(16)7-4-5-8(13)9(6-7)15-11(14)18/h4-6H,1-3H3,(H3,14,15,18). The molecule has 0 heterocycles. The minimum absolute atomic E-state index is 0.0471. The molecule has 98 valence electrons. The van der Waals surface area contributed by atoms with Crippen LogP contribution in [0.1, 0.15) is 31.1 Å². The van der Waals surface area contributed by atoms with Crippen molar-refractivity contribution in [2.75, 3.05) is 5.32 Å². The molecule has 4 nitrogen and oxygen atoms in total. The van der Waals surface area contributed by atoms with E-state index < -0.39 is 17.4 Å². The highest BCUT2D eigenvalue weighted by Gasteiger charge is 2.18. The number of ether oxygens (including phenoxy) is 1. The van der Waals surface area contributed by atoms with E-state index in [1.165, 1.54) is 12.1 Å². The Morgan fingerprint density at radius 1 is 1.44 bits per heavy atom. The van der Waals surface area contributed by atoms with E-state index in [0.717, 1.165) is 6.07 Å². The van der Waals surface area contributed by atoms with E-state index in [0.29, 0.717) is 0 Å². The summed E-state index contributed by atoms with van der Waals surface area (Å²) in [6, 6.07) is 3.80. The number of esters is 1. The molecule has 0 unspecified atom stereocenters. The van der Waals surface area contributed by atoms with Crippen LogP contribution in [0.5, 0.6) is 0 Å². The van der Waals surface area contributed by atoms with Gasteiger partial charge in [0, 0.05) is 0 Å². The van der Waals surface area contributed by atoms with Crippen molar-refractivity contribution >= 4 is 29.0 Å². The number of nitrogens with two attached hydrogens (primary N) is 1.